The maximum absolute atomic E-state index is 5.77. The molecule has 0 radical (unpaired) electrons. The smallest absolute Gasteiger partial charge is 0.188 e. The molecule has 2 heteroatoms. The first-order valence-corrected chi connectivity index (χ1v) is 6.40. The fourth-order valence-electron chi connectivity index (χ4n) is 3.14. The normalized spacial score (nSPS) is 32.9. The quantitative estimate of drug-likeness (QED) is 0.624. The fraction of sp³-hybridized carbons (Fsp3) is 0.714. The van der Waals surface area contributed by atoms with Crippen molar-refractivity contribution in [2.75, 3.05) is 13.2 Å². The molecule has 1 atom stereocenters. The maximum atomic E-state index is 5.77. The Hall–Kier alpha value is -0.600. The van der Waals surface area contributed by atoms with Gasteiger partial charge in [-0.15, -0.1) is 0 Å². The Morgan fingerprint density at radius 3 is 2.75 bits per heavy atom. The Kier molecular flexibility index (Phi) is 2.45. The average molecular weight is 220 g/mol. The predicted molar refractivity (Wildman–Crippen MR) is 63.1 cm³/mol. The lowest BCUT2D eigenvalue weighted by atomic mass is 9.76. The summed E-state index contributed by atoms with van der Waals surface area (Å²) in [5, 5.41) is 0. The van der Waals surface area contributed by atoms with Crippen LogP contribution in [0.3, 0.4) is 0 Å². The van der Waals surface area contributed by atoms with E-state index in [-0.39, 0.29) is 5.79 Å². The topological polar surface area (TPSA) is 18.5 Å². The van der Waals surface area contributed by atoms with Gasteiger partial charge in [0.25, 0.3) is 0 Å². The van der Waals surface area contributed by atoms with E-state index in [4.69, 9.17) is 9.47 Å². The van der Waals surface area contributed by atoms with Crippen molar-refractivity contribution in [3.05, 3.63) is 22.8 Å². The molecule has 0 aromatic heterocycles. The summed E-state index contributed by atoms with van der Waals surface area (Å²) in [5.41, 5.74) is 4.66. The number of ether oxygens (including phenoxy) is 2. The third-order valence-electron chi connectivity index (χ3n) is 4.34. The van der Waals surface area contributed by atoms with Gasteiger partial charge >= 0.3 is 0 Å². The van der Waals surface area contributed by atoms with Crippen LogP contribution in [0.1, 0.15) is 39.5 Å². The van der Waals surface area contributed by atoms with Gasteiger partial charge in [0.1, 0.15) is 0 Å². The summed E-state index contributed by atoms with van der Waals surface area (Å²) in [6, 6.07) is 0. The molecule has 0 amide bonds. The zero-order chi connectivity index (χ0) is 11.2. The Morgan fingerprint density at radius 1 is 1.25 bits per heavy atom. The molecule has 0 saturated carbocycles. The minimum absolute atomic E-state index is 0.361. The largest absolute Gasteiger partial charge is 0.344 e. The molecule has 1 saturated heterocycles. The van der Waals surface area contributed by atoms with Gasteiger partial charge in [-0.3, -0.25) is 0 Å². The van der Waals surface area contributed by atoms with Crippen LogP contribution in [-0.2, 0) is 9.47 Å². The summed E-state index contributed by atoms with van der Waals surface area (Å²) in [7, 11) is 0. The summed E-state index contributed by atoms with van der Waals surface area (Å²) >= 11 is 0. The summed E-state index contributed by atoms with van der Waals surface area (Å²) in [5.74, 6) is 0.395. The summed E-state index contributed by atoms with van der Waals surface area (Å²) in [6.45, 7) is 6.13. The number of rotatable bonds is 0. The molecular weight excluding hydrogens is 200 g/mol. The predicted octanol–water partition coefficient (Wildman–Crippen LogP) is 3.20. The zero-order valence-electron chi connectivity index (χ0n) is 10.2. The minimum Gasteiger partial charge on any atom is -0.344 e. The molecule has 0 aromatic rings. The van der Waals surface area contributed by atoms with Gasteiger partial charge in [-0.1, -0.05) is 12.5 Å². The monoisotopic (exact) mass is 220 g/mol. The molecule has 2 nitrogen and oxygen atoms in total. The lowest BCUT2D eigenvalue weighted by Gasteiger charge is -2.35. The molecule has 0 bridgehead atoms. The molecule has 3 aliphatic rings. The Balaban J connectivity index is 1.96. The van der Waals surface area contributed by atoms with Gasteiger partial charge in [0.05, 0.1) is 13.2 Å². The molecule has 3 rings (SSSR count). The Labute approximate surface area is 97.3 Å². The average Bonchev–Trinajstić information content (AvgIpc) is 2.72. The van der Waals surface area contributed by atoms with E-state index in [0.29, 0.717) is 0 Å². The van der Waals surface area contributed by atoms with Gasteiger partial charge in [0, 0.05) is 6.42 Å². The standard InChI is InChI=1S/C14H20O2/c1-10-3-4-12-9-14(15-7-8-16-14)6-5-13(12)11(10)2/h9-10H,3-8H2,1-2H3. The van der Waals surface area contributed by atoms with E-state index < -0.39 is 0 Å². The van der Waals surface area contributed by atoms with Crippen LogP contribution < -0.4 is 0 Å². The third-order valence-corrected chi connectivity index (χ3v) is 4.34. The van der Waals surface area contributed by atoms with Crippen LogP contribution in [0.15, 0.2) is 22.8 Å². The molecule has 1 aliphatic heterocycles. The number of allylic oxidation sites excluding steroid dienone is 3. The van der Waals surface area contributed by atoms with E-state index in [2.05, 4.69) is 19.9 Å². The highest BCUT2D eigenvalue weighted by Gasteiger charge is 2.39. The van der Waals surface area contributed by atoms with E-state index >= 15 is 0 Å². The summed E-state index contributed by atoms with van der Waals surface area (Å²) < 4.78 is 11.5. The Morgan fingerprint density at radius 2 is 2.00 bits per heavy atom. The van der Waals surface area contributed by atoms with E-state index in [1.807, 2.05) is 0 Å². The molecule has 0 aromatic carbocycles. The van der Waals surface area contributed by atoms with Gasteiger partial charge < -0.3 is 9.47 Å². The molecule has 88 valence electrons. The number of hydrogen-bond donors (Lipinski definition) is 0. The second kappa shape index (κ2) is 3.71. The van der Waals surface area contributed by atoms with Crippen molar-refractivity contribution in [3.63, 3.8) is 0 Å². The molecular formula is C14H20O2. The highest BCUT2D eigenvalue weighted by molar-refractivity contribution is 5.42. The van der Waals surface area contributed by atoms with E-state index in [1.165, 1.54) is 18.4 Å². The highest BCUT2D eigenvalue weighted by Crippen LogP contribution is 2.43. The van der Waals surface area contributed by atoms with Crippen molar-refractivity contribution < 1.29 is 9.47 Å². The molecule has 1 spiro atoms. The van der Waals surface area contributed by atoms with Gasteiger partial charge in [-0.25, -0.2) is 0 Å². The lowest BCUT2D eigenvalue weighted by Crippen LogP contribution is -2.32. The van der Waals surface area contributed by atoms with Crippen molar-refractivity contribution in [2.24, 2.45) is 5.92 Å². The van der Waals surface area contributed by atoms with Crippen LogP contribution in [0.25, 0.3) is 0 Å². The van der Waals surface area contributed by atoms with Crippen molar-refractivity contribution in [3.8, 4) is 0 Å². The second-order valence-corrected chi connectivity index (χ2v) is 5.28. The van der Waals surface area contributed by atoms with Crippen LogP contribution in [0.2, 0.25) is 0 Å². The fourth-order valence-corrected chi connectivity index (χ4v) is 3.14. The van der Waals surface area contributed by atoms with Crippen molar-refractivity contribution >= 4 is 0 Å². The van der Waals surface area contributed by atoms with Gasteiger partial charge in [-0.2, -0.15) is 0 Å². The van der Waals surface area contributed by atoms with Crippen LogP contribution >= 0.6 is 0 Å². The maximum Gasteiger partial charge on any atom is 0.188 e. The first-order chi connectivity index (χ1) is 7.70. The van der Waals surface area contributed by atoms with Crippen molar-refractivity contribution in [1.29, 1.82) is 0 Å². The zero-order valence-corrected chi connectivity index (χ0v) is 10.2. The molecule has 2 aliphatic carbocycles. The van der Waals surface area contributed by atoms with Crippen LogP contribution in [0.4, 0.5) is 0 Å². The third kappa shape index (κ3) is 1.56. The first kappa shape index (κ1) is 10.5. The van der Waals surface area contributed by atoms with Crippen LogP contribution in [-0.4, -0.2) is 19.0 Å². The molecule has 16 heavy (non-hydrogen) atoms. The van der Waals surface area contributed by atoms with E-state index in [1.54, 1.807) is 11.1 Å². The molecule has 1 fully saturated rings. The Bertz CT molecular complexity index is 359. The second-order valence-electron chi connectivity index (χ2n) is 5.28. The van der Waals surface area contributed by atoms with E-state index in [0.717, 1.165) is 32.0 Å². The molecule has 0 N–H and O–H groups in total. The van der Waals surface area contributed by atoms with Crippen LogP contribution in [0.5, 0.6) is 0 Å². The minimum atomic E-state index is -0.361. The molecule has 1 unspecified atom stereocenters. The lowest BCUT2D eigenvalue weighted by molar-refractivity contribution is -0.123. The molecule has 1 heterocycles. The van der Waals surface area contributed by atoms with Gasteiger partial charge in [0.2, 0.25) is 0 Å². The van der Waals surface area contributed by atoms with Gasteiger partial charge in [0.15, 0.2) is 5.79 Å². The number of fused-ring (bicyclic) bond motifs is 1. The summed E-state index contributed by atoms with van der Waals surface area (Å²) in [6.07, 6.45) is 6.85. The van der Waals surface area contributed by atoms with Crippen molar-refractivity contribution in [2.45, 2.75) is 45.3 Å². The summed E-state index contributed by atoms with van der Waals surface area (Å²) in [4.78, 5) is 0. The van der Waals surface area contributed by atoms with Crippen LogP contribution in [0, 0.1) is 5.92 Å². The van der Waals surface area contributed by atoms with Gasteiger partial charge in [-0.05, 0) is 49.3 Å². The SMILES string of the molecule is CC1=C2CCC3(C=C2CCC1C)OCCO3. The van der Waals surface area contributed by atoms with Crippen molar-refractivity contribution in [1.82, 2.24) is 0 Å². The van der Waals surface area contributed by atoms with E-state index in [9.17, 15) is 0 Å². The first-order valence-electron chi connectivity index (χ1n) is 6.40. The highest BCUT2D eigenvalue weighted by atomic mass is 16.7. The number of hydrogen-bond acceptors (Lipinski definition) is 2.